The van der Waals surface area contributed by atoms with Crippen LogP contribution < -0.4 is 4.74 Å². The van der Waals surface area contributed by atoms with Gasteiger partial charge in [0.1, 0.15) is 5.75 Å². The van der Waals surface area contributed by atoms with Gasteiger partial charge in [0.2, 0.25) is 0 Å². The predicted octanol–water partition coefficient (Wildman–Crippen LogP) is 5.02. The molecule has 0 saturated carbocycles. The number of carbonyl (C=O) groups excluding carboxylic acids is 1. The van der Waals surface area contributed by atoms with E-state index in [1.54, 1.807) is 18.2 Å². The average molecular weight is 331 g/mol. The third-order valence-electron chi connectivity index (χ3n) is 2.78. The van der Waals surface area contributed by atoms with Gasteiger partial charge in [-0.2, -0.15) is 8.78 Å². The van der Waals surface area contributed by atoms with Crippen molar-refractivity contribution in [2.75, 3.05) is 0 Å². The summed E-state index contributed by atoms with van der Waals surface area (Å²) in [6, 6.07) is 10.5. The first-order valence-corrected chi connectivity index (χ1v) is 6.74. The lowest BCUT2D eigenvalue weighted by molar-refractivity contribution is -0.0498. The van der Waals surface area contributed by atoms with Gasteiger partial charge in [-0.15, -0.1) is 0 Å². The molecule has 0 heterocycles. The molecular weight excluding hydrogens is 321 g/mol. The van der Waals surface area contributed by atoms with Gasteiger partial charge < -0.3 is 4.74 Å². The molecule has 0 unspecified atom stereocenters. The van der Waals surface area contributed by atoms with Crippen molar-refractivity contribution in [2.45, 2.75) is 13.0 Å². The number of ketones is 1. The lowest BCUT2D eigenvalue weighted by Crippen LogP contribution is -2.06. The zero-order chi connectivity index (χ0) is 15.4. The Hall–Kier alpha value is -1.65. The molecule has 2 rings (SSSR count). The van der Waals surface area contributed by atoms with E-state index < -0.39 is 6.61 Å². The van der Waals surface area contributed by atoms with Crippen LogP contribution in [0.4, 0.5) is 8.78 Å². The molecule has 0 fully saturated rings. The van der Waals surface area contributed by atoms with Crippen LogP contribution in [0.25, 0.3) is 0 Å². The van der Waals surface area contributed by atoms with E-state index in [1.807, 2.05) is 0 Å². The fourth-order valence-corrected chi connectivity index (χ4v) is 2.34. The quantitative estimate of drug-likeness (QED) is 0.719. The molecule has 0 aromatic heterocycles. The van der Waals surface area contributed by atoms with Crippen LogP contribution in [-0.4, -0.2) is 12.4 Å². The van der Waals surface area contributed by atoms with Crippen LogP contribution in [0.3, 0.4) is 0 Å². The van der Waals surface area contributed by atoms with Gasteiger partial charge in [-0.1, -0.05) is 41.4 Å². The van der Waals surface area contributed by atoms with Crippen molar-refractivity contribution in [3.63, 3.8) is 0 Å². The molecule has 2 nitrogen and oxygen atoms in total. The van der Waals surface area contributed by atoms with Crippen LogP contribution in [0.2, 0.25) is 10.0 Å². The van der Waals surface area contributed by atoms with Gasteiger partial charge in [-0.25, -0.2) is 0 Å². The Kier molecular flexibility index (Phi) is 5.15. The van der Waals surface area contributed by atoms with Crippen LogP contribution in [0.5, 0.6) is 5.75 Å². The fraction of sp³-hybridized carbons (Fsp3) is 0.133. The van der Waals surface area contributed by atoms with Crippen LogP contribution in [-0.2, 0) is 6.42 Å². The van der Waals surface area contributed by atoms with Gasteiger partial charge in [0.25, 0.3) is 0 Å². The molecule has 0 radical (unpaired) electrons. The van der Waals surface area contributed by atoms with E-state index in [0.29, 0.717) is 15.6 Å². The maximum atomic E-state index is 12.2. The van der Waals surface area contributed by atoms with Crippen molar-refractivity contribution in [1.82, 2.24) is 0 Å². The predicted molar refractivity (Wildman–Crippen MR) is 77.6 cm³/mol. The summed E-state index contributed by atoms with van der Waals surface area (Å²) in [4.78, 5) is 12.2. The molecule has 0 N–H and O–H groups in total. The third kappa shape index (κ3) is 4.16. The van der Waals surface area contributed by atoms with E-state index in [9.17, 15) is 13.6 Å². The lowest BCUT2D eigenvalue weighted by atomic mass is 10.0. The van der Waals surface area contributed by atoms with Gasteiger partial charge in [0.15, 0.2) is 5.78 Å². The molecule has 2 aromatic rings. The number of carbonyl (C=O) groups is 1. The van der Waals surface area contributed by atoms with Crippen LogP contribution in [0, 0.1) is 0 Å². The maximum Gasteiger partial charge on any atom is 0.387 e. The van der Waals surface area contributed by atoms with Crippen molar-refractivity contribution in [3.05, 3.63) is 63.6 Å². The summed E-state index contributed by atoms with van der Waals surface area (Å²) in [5, 5.41) is 0.770. The fourth-order valence-electron chi connectivity index (χ4n) is 1.81. The number of hydrogen-bond acceptors (Lipinski definition) is 2. The molecule has 0 amide bonds. The summed E-state index contributed by atoms with van der Waals surface area (Å²) in [5.74, 6) is -0.356. The zero-order valence-electron chi connectivity index (χ0n) is 10.7. The zero-order valence-corrected chi connectivity index (χ0v) is 12.2. The van der Waals surface area contributed by atoms with Crippen molar-refractivity contribution >= 4 is 29.0 Å². The van der Waals surface area contributed by atoms with Crippen LogP contribution >= 0.6 is 23.2 Å². The van der Waals surface area contributed by atoms with Crippen LogP contribution in [0.15, 0.2) is 42.5 Å². The Labute approximate surface area is 130 Å². The number of ether oxygens (including phenoxy) is 1. The largest absolute Gasteiger partial charge is 0.435 e. The van der Waals surface area contributed by atoms with E-state index in [4.69, 9.17) is 23.2 Å². The molecule has 110 valence electrons. The molecular formula is C15H10Cl2F2O2. The normalized spacial score (nSPS) is 10.7. The van der Waals surface area contributed by atoms with Crippen LogP contribution in [0.1, 0.15) is 15.9 Å². The van der Waals surface area contributed by atoms with E-state index in [1.165, 1.54) is 24.3 Å². The first-order chi connectivity index (χ1) is 9.97. The molecule has 0 aliphatic heterocycles. The number of Topliss-reactive ketones (excluding diaryl/α,β-unsaturated/α-hetero) is 1. The Morgan fingerprint density at radius 3 is 2.33 bits per heavy atom. The summed E-state index contributed by atoms with van der Waals surface area (Å²) in [5.41, 5.74) is 0.759. The standard InChI is InChI=1S/C15H10Cl2F2O2/c16-12-5-2-6-13(17)11(12)8-14(20)9-3-1-4-10(7-9)21-15(18)19/h1-7,15H,8H2. The highest BCUT2D eigenvalue weighted by Gasteiger charge is 2.14. The second-order valence-electron chi connectivity index (χ2n) is 4.21. The molecule has 0 aliphatic carbocycles. The maximum absolute atomic E-state index is 12.2. The number of rotatable bonds is 5. The van der Waals surface area contributed by atoms with Gasteiger partial charge in [-0.3, -0.25) is 4.79 Å². The number of hydrogen-bond donors (Lipinski definition) is 0. The molecule has 6 heteroatoms. The average Bonchev–Trinajstić information content (AvgIpc) is 2.42. The molecule has 0 aliphatic rings. The minimum atomic E-state index is -2.94. The summed E-state index contributed by atoms with van der Waals surface area (Å²) < 4.78 is 28.6. The summed E-state index contributed by atoms with van der Waals surface area (Å²) in [6.07, 6.45) is -0.0172. The number of halogens is 4. The summed E-state index contributed by atoms with van der Waals surface area (Å²) in [6.45, 7) is -2.94. The first kappa shape index (κ1) is 15.7. The van der Waals surface area contributed by atoms with E-state index in [2.05, 4.69) is 4.74 Å². The van der Waals surface area contributed by atoms with Crippen molar-refractivity contribution in [1.29, 1.82) is 0 Å². The van der Waals surface area contributed by atoms with Gasteiger partial charge in [0, 0.05) is 22.0 Å². The molecule has 0 saturated heterocycles. The lowest BCUT2D eigenvalue weighted by Gasteiger charge is -2.08. The number of benzene rings is 2. The van der Waals surface area contributed by atoms with E-state index in [0.717, 1.165) is 0 Å². The molecule has 2 aromatic carbocycles. The van der Waals surface area contributed by atoms with Gasteiger partial charge in [0.05, 0.1) is 0 Å². The second kappa shape index (κ2) is 6.87. The van der Waals surface area contributed by atoms with E-state index in [-0.39, 0.29) is 23.5 Å². The smallest absolute Gasteiger partial charge is 0.387 e. The van der Waals surface area contributed by atoms with Crippen molar-refractivity contribution in [2.24, 2.45) is 0 Å². The first-order valence-electron chi connectivity index (χ1n) is 5.98. The Morgan fingerprint density at radius 1 is 1.10 bits per heavy atom. The third-order valence-corrected chi connectivity index (χ3v) is 3.49. The van der Waals surface area contributed by atoms with Gasteiger partial charge >= 0.3 is 6.61 Å². The minimum Gasteiger partial charge on any atom is -0.435 e. The highest BCUT2D eigenvalue weighted by molar-refractivity contribution is 6.36. The molecule has 0 spiro atoms. The van der Waals surface area contributed by atoms with Crippen molar-refractivity contribution in [3.8, 4) is 5.75 Å². The van der Waals surface area contributed by atoms with Gasteiger partial charge in [-0.05, 0) is 29.8 Å². The summed E-state index contributed by atoms with van der Waals surface area (Å²) in [7, 11) is 0. The van der Waals surface area contributed by atoms with Crippen molar-refractivity contribution < 1.29 is 18.3 Å². The topological polar surface area (TPSA) is 26.3 Å². The monoisotopic (exact) mass is 330 g/mol. The highest BCUT2D eigenvalue weighted by Crippen LogP contribution is 2.26. The molecule has 0 bridgehead atoms. The minimum absolute atomic E-state index is 0.0172. The second-order valence-corrected chi connectivity index (χ2v) is 5.02. The Morgan fingerprint density at radius 2 is 1.71 bits per heavy atom. The summed E-state index contributed by atoms with van der Waals surface area (Å²) >= 11 is 12.0. The Balaban J connectivity index is 2.21. The SMILES string of the molecule is O=C(Cc1c(Cl)cccc1Cl)c1cccc(OC(F)F)c1. The van der Waals surface area contributed by atoms with E-state index >= 15 is 0 Å². The molecule has 0 atom stereocenters. The Bertz CT molecular complexity index is 640. The number of alkyl halides is 2. The molecule has 21 heavy (non-hydrogen) atoms. The highest BCUT2D eigenvalue weighted by atomic mass is 35.5.